The highest BCUT2D eigenvalue weighted by Crippen LogP contribution is 2.68. The van der Waals surface area contributed by atoms with Crippen molar-refractivity contribution in [2.24, 2.45) is 16.7 Å². The van der Waals surface area contributed by atoms with Gasteiger partial charge >= 0.3 is 5.97 Å². The fourth-order valence-electron chi connectivity index (χ4n) is 3.05. The largest absolute Gasteiger partial charge is 0.479 e. The van der Waals surface area contributed by atoms with Crippen LogP contribution in [0.2, 0.25) is 0 Å². The van der Waals surface area contributed by atoms with Gasteiger partial charge in [0, 0.05) is 11.7 Å². The smallest absolute Gasteiger partial charge is 0.330 e. The average Bonchev–Trinajstić information content (AvgIpc) is 2.60. The van der Waals surface area contributed by atoms with Crippen molar-refractivity contribution in [3.05, 3.63) is 0 Å². The maximum atomic E-state index is 12.3. The van der Waals surface area contributed by atoms with Gasteiger partial charge in [0.2, 0.25) is 5.91 Å². The molecule has 1 aliphatic heterocycles. The van der Waals surface area contributed by atoms with E-state index >= 15 is 0 Å². The first-order valence-electron chi connectivity index (χ1n) is 6.28. The second-order valence-corrected chi connectivity index (χ2v) is 7.66. The maximum absolute atomic E-state index is 12.3. The number of carboxylic acid groups (broad SMARTS) is 1. The number of thioether (sulfide) groups is 1. The monoisotopic (exact) mass is 271 g/mol. The summed E-state index contributed by atoms with van der Waals surface area (Å²) < 4.78 is 0. The van der Waals surface area contributed by atoms with Crippen LogP contribution in [0.5, 0.6) is 0 Å². The van der Waals surface area contributed by atoms with Gasteiger partial charge in [-0.05, 0) is 23.0 Å². The molecule has 102 valence electrons. The summed E-state index contributed by atoms with van der Waals surface area (Å²) in [6.45, 7) is 8.25. The molecule has 5 heteroatoms. The van der Waals surface area contributed by atoms with Crippen molar-refractivity contribution in [2.45, 2.75) is 39.7 Å². The Balaban J connectivity index is 2.11. The summed E-state index contributed by atoms with van der Waals surface area (Å²) in [4.78, 5) is 23.7. The van der Waals surface area contributed by atoms with Gasteiger partial charge in [0.25, 0.3) is 0 Å². The Kier molecular flexibility index (Phi) is 2.96. The molecular formula is C13H21NO3S. The summed E-state index contributed by atoms with van der Waals surface area (Å²) in [5, 5.41) is 12.2. The third-order valence-corrected chi connectivity index (χ3v) is 6.27. The van der Waals surface area contributed by atoms with Crippen LogP contribution in [-0.4, -0.2) is 34.0 Å². The topological polar surface area (TPSA) is 66.4 Å². The first kappa shape index (κ1) is 13.7. The van der Waals surface area contributed by atoms with Crippen molar-refractivity contribution >= 4 is 23.6 Å². The highest BCUT2D eigenvalue weighted by molar-refractivity contribution is 7.99. The first-order valence-corrected chi connectivity index (χ1v) is 7.44. The normalized spacial score (nSPS) is 33.1. The Morgan fingerprint density at radius 1 is 1.22 bits per heavy atom. The number of aliphatic carboxylic acids is 1. The molecule has 0 radical (unpaired) electrons. The predicted molar refractivity (Wildman–Crippen MR) is 71.5 cm³/mol. The molecule has 4 nitrogen and oxygen atoms in total. The molecule has 1 heterocycles. The van der Waals surface area contributed by atoms with Gasteiger partial charge in [0.05, 0.1) is 0 Å². The van der Waals surface area contributed by atoms with Gasteiger partial charge in [-0.2, -0.15) is 11.8 Å². The third kappa shape index (κ3) is 1.75. The maximum Gasteiger partial charge on any atom is 0.330 e. The number of carbonyl (C=O) groups is 2. The second kappa shape index (κ2) is 3.89. The number of rotatable bonds is 3. The zero-order valence-corrected chi connectivity index (χ0v) is 12.2. The summed E-state index contributed by atoms with van der Waals surface area (Å²) in [5.41, 5.74) is -1.15. The zero-order chi connectivity index (χ0) is 13.8. The number of carbonyl (C=O) groups excluding carboxylic acids is 1. The number of hydrogen-bond donors (Lipinski definition) is 2. The quantitative estimate of drug-likeness (QED) is 0.820. The van der Waals surface area contributed by atoms with E-state index in [4.69, 9.17) is 0 Å². The average molecular weight is 271 g/mol. The summed E-state index contributed by atoms with van der Waals surface area (Å²) in [6.07, 6.45) is 0.520. The highest BCUT2D eigenvalue weighted by Gasteiger charge is 2.68. The van der Waals surface area contributed by atoms with E-state index in [1.165, 1.54) is 0 Å². The molecule has 2 N–H and O–H groups in total. The van der Waals surface area contributed by atoms with Crippen LogP contribution >= 0.6 is 11.8 Å². The molecule has 2 fully saturated rings. The van der Waals surface area contributed by atoms with Gasteiger partial charge < -0.3 is 10.4 Å². The Morgan fingerprint density at radius 3 is 2.11 bits per heavy atom. The molecule has 1 unspecified atom stereocenters. The summed E-state index contributed by atoms with van der Waals surface area (Å²) >= 11 is 1.59. The molecule has 2 rings (SSSR count). The van der Waals surface area contributed by atoms with E-state index in [1.807, 2.05) is 0 Å². The molecule has 1 aliphatic carbocycles. The van der Waals surface area contributed by atoms with Crippen LogP contribution in [-0.2, 0) is 9.59 Å². The van der Waals surface area contributed by atoms with E-state index in [0.29, 0.717) is 12.2 Å². The molecule has 0 aromatic rings. The van der Waals surface area contributed by atoms with Gasteiger partial charge in [-0.1, -0.05) is 27.7 Å². The van der Waals surface area contributed by atoms with Crippen LogP contribution in [0.4, 0.5) is 0 Å². The predicted octanol–water partition coefficient (Wildman–Crippen LogP) is 1.75. The standard InChI is InChI=1S/C13H21NO3S/c1-11(2)8(12(11,3)4)9(15)14-13(10(16)17)5-6-18-7-13/h8H,5-7H2,1-4H3,(H,14,15)(H,16,17). The Hall–Kier alpha value is -0.710. The lowest BCUT2D eigenvalue weighted by Gasteiger charge is -2.25. The Labute approximate surface area is 112 Å². The van der Waals surface area contributed by atoms with Gasteiger partial charge in [0.15, 0.2) is 0 Å². The lowest BCUT2D eigenvalue weighted by molar-refractivity contribution is -0.146. The molecule has 2 aliphatic rings. The second-order valence-electron chi connectivity index (χ2n) is 6.56. The lowest BCUT2D eigenvalue weighted by Crippen LogP contribution is -2.55. The van der Waals surface area contributed by atoms with Crippen molar-refractivity contribution < 1.29 is 14.7 Å². The molecule has 0 spiro atoms. The van der Waals surface area contributed by atoms with Crippen molar-refractivity contribution in [1.82, 2.24) is 5.32 Å². The van der Waals surface area contributed by atoms with Crippen LogP contribution in [0.1, 0.15) is 34.1 Å². The van der Waals surface area contributed by atoms with Crippen molar-refractivity contribution in [3.63, 3.8) is 0 Å². The van der Waals surface area contributed by atoms with E-state index in [2.05, 4.69) is 33.0 Å². The van der Waals surface area contributed by atoms with Gasteiger partial charge in [-0.25, -0.2) is 4.79 Å². The fourth-order valence-corrected chi connectivity index (χ4v) is 4.37. The molecule has 1 amide bonds. The molecule has 1 saturated heterocycles. The molecule has 1 atom stereocenters. The SMILES string of the molecule is CC1(C)C(C(=O)NC2(C(=O)O)CCSC2)C1(C)C. The summed E-state index contributed by atoms with van der Waals surface area (Å²) in [5.74, 6) is 0.171. The van der Waals surface area contributed by atoms with E-state index in [-0.39, 0.29) is 22.7 Å². The van der Waals surface area contributed by atoms with E-state index in [9.17, 15) is 14.7 Å². The fraction of sp³-hybridized carbons (Fsp3) is 0.846. The van der Waals surface area contributed by atoms with Crippen molar-refractivity contribution in [1.29, 1.82) is 0 Å². The minimum atomic E-state index is -1.05. The van der Waals surface area contributed by atoms with Gasteiger partial charge in [-0.15, -0.1) is 0 Å². The molecule has 0 aromatic carbocycles. The van der Waals surface area contributed by atoms with Gasteiger partial charge in [0.1, 0.15) is 5.54 Å². The third-order valence-electron chi connectivity index (χ3n) is 5.08. The number of amides is 1. The minimum absolute atomic E-state index is 0.0531. The van der Waals surface area contributed by atoms with Crippen LogP contribution < -0.4 is 5.32 Å². The number of hydrogen-bond acceptors (Lipinski definition) is 3. The summed E-state index contributed by atoms with van der Waals surface area (Å²) in [6, 6.07) is 0. The Bertz CT molecular complexity index is 383. The Morgan fingerprint density at radius 2 is 1.78 bits per heavy atom. The van der Waals surface area contributed by atoms with Crippen LogP contribution in [0.3, 0.4) is 0 Å². The lowest BCUT2D eigenvalue weighted by atomic mass is 9.98. The van der Waals surface area contributed by atoms with Crippen molar-refractivity contribution in [3.8, 4) is 0 Å². The molecule has 18 heavy (non-hydrogen) atoms. The van der Waals surface area contributed by atoms with Crippen molar-refractivity contribution in [2.75, 3.05) is 11.5 Å². The van der Waals surface area contributed by atoms with Crippen LogP contribution in [0.25, 0.3) is 0 Å². The van der Waals surface area contributed by atoms with Crippen LogP contribution in [0.15, 0.2) is 0 Å². The molecule has 1 saturated carbocycles. The van der Waals surface area contributed by atoms with E-state index < -0.39 is 11.5 Å². The summed E-state index contributed by atoms with van der Waals surface area (Å²) in [7, 11) is 0. The highest BCUT2D eigenvalue weighted by atomic mass is 32.2. The van der Waals surface area contributed by atoms with Crippen LogP contribution in [0, 0.1) is 16.7 Å². The van der Waals surface area contributed by atoms with E-state index in [1.54, 1.807) is 11.8 Å². The molecular weight excluding hydrogens is 250 g/mol. The van der Waals surface area contributed by atoms with E-state index in [0.717, 1.165) is 5.75 Å². The molecule has 0 bridgehead atoms. The van der Waals surface area contributed by atoms with Gasteiger partial charge in [-0.3, -0.25) is 4.79 Å². The zero-order valence-electron chi connectivity index (χ0n) is 11.4. The number of carboxylic acids is 1. The minimum Gasteiger partial charge on any atom is -0.479 e. The molecule has 0 aromatic heterocycles. The number of nitrogens with one attached hydrogen (secondary N) is 1. The first-order chi connectivity index (χ1) is 8.15.